The molecule has 1 unspecified atom stereocenters. The van der Waals surface area contributed by atoms with Crippen molar-refractivity contribution < 1.29 is 17.6 Å². The van der Waals surface area contributed by atoms with Crippen LogP contribution in [0.15, 0.2) is 30.3 Å². The van der Waals surface area contributed by atoms with Crippen LogP contribution in [0.2, 0.25) is 0 Å². The van der Waals surface area contributed by atoms with E-state index >= 15 is 0 Å². The van der Waals surface area contributed by atoms with E-state index in [1.54, 1.807) is 11.6 Å². The highest BCUT2D eigenvalue weighted by Crippen LogP contribution is 2.24. The predicted octanol–water partition coefficient (Wildman–Crippen LogP) is 4.38. The van der Waals surface area contributed by atoms with Gasteiger partial charge in [0.1, 0.15) is 5.82 Å². The number of aromatic nitrogens is 2. The van der Waals surface area contributed by atoms with Gasteiger partial charge in [0.05, 0.1) is 35.8 Å². The van der Waals surface area contributed by atoms with Crippen molar-refractivity contribution in [3.8, 4) is 0 Å². The van der Waals surface area contributed by atoms with E-state index in [-0.39, 0.29) is 23.6 Å². The predicted molar refractivity (Wildman–Crippen MR) is 126 cm³/mol. The molecular formula is C23H33FN4O3S. The van der Waals surface area contributed by atoms with E-state index in [1.165, 1.54) is 18.2 Å². The molecular weight excluding hydrogens is 431 g/mol. The summed E-state index contributed by atoms with van der Waals surface area (Å²) in [7, 11) is -3.59. The summed E-state index contributed by atoms with van der Waals surface area (Å²) in [5.41, 5.74) is 1.94. The second-order valence-electron chi connectivity index (χ2n) is 8.94. The Balaban J connectivity index is 2.14. The van der Waals surface area contributed by atoms with Crippen LogP contribution in [0.3, 0.4) is 0 Å². The molecule has 0 aliphatic rings. The first-order chi connectivity index (χ1) is 14.8. The lowest BCUT2D eigenvalue weighted by molar-refractivity contribution is -0.122. The van der Waals surface area contributed by atoms with Crippen LogP contribution >= 0.6 is 0 Å². The molecule has 1 heterocycles. The van der Waals surface area contributed by atoms with Gasteiger partial charge < -0.3 is 5.32 Å². The van der Waals surface area contributed by atoms with Gasteiger partial charge >= 0.3 is 0 Å². The molecule has 2 rings (SSSR count). The maximum Gasteiger partial charge on any atom is 0.229 e. The van der Waals surface area contributed by atoms with Gasteiger partial charge in [-0.3, -0.25) is 9.52 Å². The molecule has 1 aromatic heterocycles. The van der Waals surface area contributed by atoms with Crippen molar-refractivity contribution in [1.82, 2.24) is 15.1 Å². The zero-order chi connectivity index (χ0) is 24.1. The molecule has 0 spiro atoms. The second-order valence-corrected chi connectivity index (χ2v) is 10.7. The van der Waals surface area contributed by atoms with Crippen molar-refractivity contribution >= 4 is 27.8 Å². The minimum Gasteiger partial charge on any atom is -0.350 e. The Morgan fingerprint density at radius 1 is 1.28 bits per heavy atom. The average Bonchev–Trinajstić information content (AvgIpc) is 3.10. The standard InChI is InChI=1S/C23H33FN4O3S/c1-7-8-9-12-28-18(14-21(26-28)23(3,4)5)15-25-22(29)16(2)17-10-11-20(19(24)13-17)27-32(6,30)31/h9-14,16,27H,7-8,15H2,1-6H3,(H,25,29)/b12-9+. The average molecular weight is 465 g/mol. The Labute approximate surface area is 190 Å². The number of nitrogens with one attached hydrogen (secondary N) is 2. The number of rotatable bonds is 9. The van der Waals surface area contributed by atoms with Crippen LogP contribution in [0.5, 0.6) is 0 Å². The fraction of sp³-hybridized carbons (Fsp3) is 0.478. The van der Waals surface area contributed by atoms with Crippen LogP contribution < -0.4 is 10.0 Å². The summed E-state index contributed by atoms with van der Waals surface area (Å²) in [6, 6.07) is 6.01. The van der Waals surface area contributed by atoms with Gasteiger partial charge in [0.2, 0.25) is 15.9 Å². The number of carbonyl (C=O) groups excluding carboxylic acids is 1. The van der Waals surface area contributed by atoms with E-state index in [4.69, 9.17) is 0 Å². The second kappa shape index (κ2) is 10.3. The minimum atomic E-state index is -3.59. The Morgan fingerprint density at radius 2 is 1.97 bits per heavy atom. The fourth-order valence-corrected chi connectivity index (χ4v) is 3.53. The third-order valence-electron chi connectivity index (χ3n) is 4.91. The third kappa shape index (κ3) is 7.19. The summed E-state index contributed by atoms with van der Waals surface area (Å²) < 4.78 is 40.8. The summed E-state index contributed by atoms with van der Waals surface area (Å²) >= 11 is 0. The number of hydrogen-bond acceptors (Lipinski definition) is 4. The van der Waals surface area contributed by atoms with Crippen molar-refractivity contribution in [1.29, 1.82) is 0 Å². The Hall–Kier alpha value is -2.68. The molecule has 1 aromatic carbocycles. The molecule has 1 atom stereocenters. The number of hydrogen-bond donors (Lipinski definition) is 2. The van der Waals surface area contributed by atoms with Crippen molar-refractivity contribution in [2.45, 2.75) is 65.3 Å². The molecule has 0 radical (unpaired) electrons. The fourth-order valence-electron chi connectivity index (χ4n) is 2.97. The third-order valence-corrected chi connectivity index (χ3v) is 5.50. The monoisotopic (exact) mass is 464 g/mol. The molecule has 2 N–H and O–H groups in total. The van der Waals surface area contributed by atoms with Gasteiger partial charge in [-0.25, -0.2) is 17.5 Å². The van der Waals surface area contributed by atoms with Gasteiger partial charge in [0, 0.05) is 11.6 Å². The van der Waals surface area contributed by atoms with Gasteiger partial charge in [-0.1, -0.05) is 46.3 Å². The first-order valence-corrected chi connectivity index (χ1v) is 12.5. The zero-order valence-corrected chi connectivity index (χ0v) is 20.4. The maximum absolute atomic E-state index is 14.3. The molecule has 0 saturated carbocycles. The molecule has 9 heteroatoms. The lowest BCUT2D eigenvalue weighted by atomic mass is 9.92. The van der Waals surface area contributed by atoms with Crippen molar-refractivity contribution in [3.05, 3.63) is 53.1 Å². The van der Waals surface area contributed by atoms with Gasteiger partial charge in [-0.2, -0.15) is 5.10 Å². The lowest BCUT2D eigenvalue weighted by Gasteiger charge is -2.14. The van der Waals surface area contributed by atoms with Crippen molar-refractivity contribution in [2.75, 3.05) is 11.0 Å². The van der Waals surface area contributed by atoms with Gasteiger partial charge in [-0.15, -0.1) is 0 Å². The molecule has 1 amide bonds. The van der Waals surface area contributed by atoms with E-state index in [1.807, 2.05) is 18.3 Å². The van der Waals surface area contributed by atoms with Gasteiger partial charge in [-0.05, 0) is 37.1 Å². The Bertz CT molecular complexity index is 1090. The van der Waals surface area contributed by atoms with Crippen LogP contribution in [0.4, 0.5) is 10.1 Å². The molecule has 176 valence electrons. The number of benzene rings is 1. The number of halogens is 1. The number of allylic oxidation sites excluding steroid dienone is 1. The van der Waals surface area contributed by atoms with Crippen LogP contribution in [-0.4, -0.2) is 30.4 Å². The summed E-state index contributed by atoms with van der Waals surface area (Å²) in [6.07, 6.45) is 6.87. The Morgan fingerprint density at radius 3 is 2.53 bits per heavy atom. The number of sulfonamides is 1. The molecule has 0 saturated heterocycles. The normalized spacial score (nSPS) is 13.3. The summed E-state index contributed by atoms with van der Waals surface area (Å²) in [5, 5.41) is 7.56. The molecule has 0 aliphatic carbocycles. The number of unbranched alkanes of at least 4 members (excludes halogenated alkanes) is 1. The smallest absolute Gasteiger partial charge is 0.229 e. The highest BCUT2D eigenvalue weighted by Gasteiger charge is 2.21. The summed E-state index contributed by atoms with van der Waals surface area (Å²) in [5.74, 6) is -1.62. The number of amides is 1. The van der Waals surface area contributed by atoms with E-state index in [2.05, 4.69) is 42.8 Å². The first kappa shape index (κ1) is 25.6. The van der Waals surface area contributed by atoms with Crippen LogP contribution in [0.1, 0.15) is 70.3 Å². The number of anilines is 1. The van der Waals surface area contributed by atoms with E-state index in [9.17, 15) is 17.6 Å². The zero-order valence-electron chi connectivity index (χ0n) is 19.6. The van der Waals surface area contributed by atoms with E-state index in [0.29, 0.717) is 5.56 Å². The minimum absolute atomic E-state index is 0.130. The Kier molecular flexibility index (Phi) is 8.23. The maximum atomic E-state index is 14.3. The van der Waals surface area contributed by atoms with Gasteiger partial charge in [0.15, 0.2) is 0 Å². The quantitative estimate of drug-likeness (QED) is 0.576. The van der Waals surface area contributed by atoms with Crippen LogP contribution in [0.25, 0.3) is 6.20 Å². The topological polar surface area (TPSA) is 93.1 Å². The molecule has 2 aromatic rings. The van der Waals surface area contributed by atoms with E-state index < -0.39 is 21.8 Å². The van der Waals surface area contributed by atoms with E-state index in [0.717, 1.165) is 30.5 Å². The van der Waals surface area contributed by atoms with Crippen molar-refractivity contribution in [3.63, 3.8) is 0 Å². The number of carbonyl (C=O) groups is 1. The molecule has 0 aliphatic heterocycles. The van der Waals surface area contributed by atoms with Gasteiger partial charge in [0.25, 0.3) is 0 Å². The number of nitrogens with zero attached hydrogens (tertiary/aromatic N) is 2. The van der Waals surface area contributed by atoms with Crippen LogP contribution in [0, 0.1) is 5.82 Å². The van der Waals surface area contributed by atoms with Crippen LogP contribution in [-0.2, 0) is 26.8 Å². The molecule has 32 heavy (non-hydrogen) atoms. The first-order valence-electron chi connectivity index (χ1n) is 10.6. The lowest BCUT2D eigenvalue weighted by Crippen LogP contribution is -2.28. The molecule has 0 bridgehead atoms. The highest BCUT2D eigenvalue weighted by molar-refractivity contribution is 7.92. The summed E-state index contributed by atoms with van der Waals surface area (Å²) in [4.78, 5) is 12.7. The molecule has 7 nitrogen and oxygen atoms in total. The summed E-state index contributed by atoms with van der Waals surface area (Å²) in [6.45, 7) is 10.3. The largest absolute Gasteiger partial charge is 0.350 e. The molecule has 0 fully saturated rings. The SMILES string of the molecule is CCC/C=C/n1nc(C(C)(C)C)cc1CNC(=O)C(C)c1ccc(NS(C)(=O)=O)c(F)c1. The van der Waals surface area contributed by atoms with Crippen molar-refractivity contribution in [2.24, 2.45) is 0 Å². The highest BCUT2D eigenvalue weighted by atomic mass is 32.2.